The summed E-state index contributed by atoms with van der Waals surface area (Å²) in [7, 11) is 2.12. The molecule has 2 unspecified atom stereocenters. The van der Waals surface area contributed by atoms with E-state index in [0.717, 1.165) is 39.0 Å². The topological polar surface area (TPSA) is 44.4 Å². The van der Waals surface area contributed by atoms with Gasteiger partial charge >= 0.3 is 0 Å². The molecule has 0 aromatic heterocycles. The minimum Gasteiger partial charge on any atom is -0.352 e. The van der Waals surface area contributed by atoms with E-state index in [1.807, 2.05) is 0 Å². The molecular formula is C11H21N3O. The lowest BCUT2D eigenvalue weighted by Gasteiger charge is -2.30. The molecule has 2 N–H and O–H groups in total. The van der Waals surface area contributed by atoms with Crippen LogP contribution < -0.4 is 10.6 Å². The molecule has 4 heteroatoms. The average molecular weight is 211 g/mol. The molecule has 86 valence electrons. The molecule has 1 amide bonds. The van der Waals surface area contributed by atoms with Crippen molar-refractivity contribution in [3.8, 4) is 0 Å². The highest BCUT2D eigenvalue weighted by Crippen LogP contribution is 2.11. The molecule has 0 spiro atoms. The van der Waals surface area contributed by atoms with E-state index < -0.39 is 0 Å². The molecule has 2 rings (SSSR count). The Bertz CT molecular complexity index is 226. The molecule has 2 aliphatic heterocycles. The highest BCUT2D eigenvalue weighted by molar-refractivity contribution is 5.79. The van der Waals surface area contributed by atoms with E-state index in [1.54, 1.807) is 0 Å². The van der Waals surface area contributed by atoms with E-state index in [2.05, 4.69) is 22.6 Å². The summed E-state index contributed by atoms with van der Waals surface area (Å²) in [6.45, 7) is 4.01. The molecule has 4 nitrogen and oxygen atoms in total. The molecule has 15 heavy (non-hydrogen) atoms. The van der Waals surface area contributed by atoms with Crippen molar-refractivity contribution in [1.29, 1.82) is 0 Å². The lowest BCUT2D eigenvalue weighted by Crippen LogP contribution is -2.48. The molecule has 2 heterocycles. The Morgan fingerprint density at radius 3 is 3.00 bits per heavy atom. The van der Waals surface area contributed by atoms with Crippen LogP contribution in [-0.2, 0) is 4.79 Å². The molecule has 2 atom stereocenters. The van der Waals surface area contributed by atoms with Gasteiger partial charge in [0.25, 0.3) is 0 Å². The van der Waals surface area contributed by atoms with Gasteiger partial charge in [0.05, 0.1) is 5.92 Å². The third-order valence-corrected chi connectivity index (χ3v) is 3.40. The second-order valence-electron chi connectivity index (χ2n) is 4.80. The van der Waals surface area contributed by atoms with Crippen LogP contribution in [0.3, 0.4) is 0 Å². The number of rotatable bonds is 2. The molecule has 2 fully saturated rings. The number of nitrogens with zero attached hydrogens (tertiary/aromatic N) is 1. The van der Waals surface area contributed by atoms with Gasteiger partial charge < -0.3 is 15.5 Å². The zero-order valence-corrected chi connectivity index (χ0v) is 9.46. The van der Waals surface area contributed by atoms with Crippen LogP contribution in [-0.4, -0.2) is 50.1 Å². The van der Waals surface area contributed by atoms with Crippen LogP contribution in [0.1, 0.15) is 19.3 Å². The van der Waals surface area contributed by atoms with Gasteiger partial charge in [0.1, 0.15) is 0 Å². The highest BCUT2D eigenvalue weighted by Gasteiger charge is 2.25. The lowest BCUT2D eigenvalue weighted by molar-refractivity contribution is -0.125. The van der Waals surface area contributed by atoms with E-state index in [1.165, 1.54) is 6.42 Å². The molecule has 2 aliphatic rings. The van der Waals surface area contributed by atoms with Crippen molar-refractivity contribution in [2.24, 2.45) is 5.92 Å². The number of nitrogens with one attached hydrogen (secondary N) is 2. The van der Waals surface area contributed by atoms with Crippen molar-refractivity contribution in [1.82, 2.24) is 15.5 Å². The van der Waals surface area contributed by atoms with Gasteiger partial charge in [-0.2, -0.15) is 0 Å². The SMILES string of the molecule is CN1CCCC(NC(=O)C2CCNC2)C1. The van der Waals surface area contributed by atoms with Crippen LogP contribution in [0, 0.1) is 5.92 Å². The maximum absolute atomic E-state index is 11.9. The number of amides is 1. The Morgan fingerprint density at radius 1 is 1.47 bits per heavy atom. The molecule has 0 aromatic rings. The van der Waals surface area contributed by atoms with Gasteiger partial charge in [0, 0.05) is 19.1 Å². The van der Waals surface area contributed by atoms with E-state index >= 15 is 0 Å². The van der Waals surface area contributed by atoms with Gasteiger partial charge in [-0.25, -0.2) is 0 Å². The van der Waals surface area contributed by atoms with Crippen LogP contribution in [0.15, 0.2) is 0 Å². The molecule has 0 radical (unpaired) electrons. The molecule has 0 aromatic carbocycles. The largest absolute Gasteiger partial charge is 0.352 e. The van der Waals surface area contributed by atoms with Crippen LogP contribution >= 0.6 is 0 Å². The maximum Gasteiger partial charge on any atom is 0.224 e. The quantitative estimate of drug-likeness (QED) is 0.665. The summed E-state index contributed by atoms with van der Waals surface area (Å²) in [5.74, 6) is 0.456. The molecule has 0 aliphatic carbocycles. The standard InChI is InChI=1S/C11H21N3O/c1-14-6-2-3-10(8-14)13-11(15)9-4-5-12-7-9/h9-10,12H,2-8H2,1H3,(H,13,15). The van der Waals surface area contributed by atoms with Crippen molar-refractivity contribution in [3.05, 3.63) is 0 Å². The van der Waals surface area contributed by atoms with E-state index in [9.17, 15) is 4.79 Å². The summed E-state index contributed by atoms with van der Waals surface area (Å²) in [6, 6.07) is 0.372. The fourth-order valence-electron chi connectivity index (χ4n) is 2.48. The third kappa shape index (κ3) is 2.92. The minimum absolute atomic E-state index is 0.206. The van der Waals surface area contributed by atoms with Gasteiger partial charge in [-0.3, -0.25) is 4.79 Å². The third-order valence-electron chi connectivity index (χ3n) is 3.40. The van der Waals surface area contributed by atoms with Crippen LogP contribution in [0.2, 0.25) is 0 Å². The zero-order valence-electron chi connectivity index (χ0n) is 9.46. The monoisotopic (exact) mass is 211 g/mol. The molecule has 2 saturated heterocycles. The summed E-state index contributed by atoms with van der Waals surface area (Å²) < 4.78 is 0. The minimum atomic E-state index is 0.206. The summed E-state index contributed by atoms with van der Waals surface area (Å²) in [4.78, 5) is 14.1. The van der Waals surface area contributed by atoms with E-state index in [-0.39, 0.29) is 11.8 Å². The van der Waals surface area contributed by atoms with Gasteiger partial charge in [-0.1, -0.05) is 0 Å². The van der Waals surface area contributed by atoms with Gasteiger partial charge in [-0.15, -0.1) is 0 Å². The van der Waals surface area contributed by atoms with Crippen LogP contribution in [0.25, 0.3) is 0 Å². The van der Waals surface area contributed by atoms with Crippen LogP contribution in [0.5, 0.6) is 0 Å². The Kier molecular flexibility index (Phi) is 3.59. The lowest BCUT2D eigenvalue weighted by atomic mass is 10.0. The number of piperidine rings is 1. The predicted molar refractivity (Wildman–Crippen MR) is 59.6 cm³/mol. The van der Waals surface area contributed by atoms with E-state index in [4.69, 9.17) is 0 Å². The summed E-state index contributed by atoms with van der Waals surface area (Å²) in [5, 5.41) is 6.40. The molecule has 0 saturated carbocycles. The average Bonchev–Trinajstić information content (AvgIpc) is 2.70. The zero-order chi connectivity index (χ0) is 10.7. The van der Waals surface area contributed by atoms with Crippen molar-refractivity contribution in [3.63, 3.8) is 0 Å². The number of carbonyl (C=O) groups excluding carboxylic acids is 1. The first-order valence-electron chi connectivity index (χ1n) is 5.95. The van der Waals surface area contributed by atoms with Gasteiger partial charge in [-0.05, 0) is 39.4 Å². The Morgan fingerprint density at radius 2 is 2.33 bits per heavy atom. The number of hydrogen-bond donors (Lipinski definition) is 2. The number of likely N-dealkylation sites (tertiary alicyclic amines) is 1. The Labute approximate surface area is 91.4 Å². The van der Waals surface area contributed by atoms with E-state index in [0.29, 0.717) is 6.04 Å². The van der Waals surface area contributed by atoms with Crippen molar-refractivity contribution < 1.29 is 4.79 Å². The van der Waals surface area contributed by atoms with Crippen LogP contribution in [0.4, 0.5) is 0 Å². The summed E-state index contributed by atoms with van der Waals surface area (Å²) in [5.41, 5.74) is 0. The second kappa shape index (κ2) is 4.94. The Hall–Kier alpha value is -0.610. The number of hydrogen-bond acceptors (Lipinski definition) is 3. The van der Waals surface area contributed by atoms with Gasteiger partial charge in [0.15, 0.2) is 0 Å². The van der Waals surface area contributed by atoms with Crippen molar-refractivity contribution in [2.75, 3.05) is 33.2 Å². The molecule has 0 bridgehead atoms. The Balaban J connectivity index is 1.77. The summed E-state index contributed by atoms with van der Waals surface area (Å²) >= 11 is 0. The van der Waals surface area contributed by atoms with Crippen molar-refractivity contribution >= 4 is 5.91 Å². The van der Waals surface area contributed by atoms with Crippen molar-refractivity contribution in [2.45, 2.75) is 25.3 Å². The smallest absolute Gasteiger partial charge is 0.224 e. The predicted octanol–water partition coefficient (Wildman–Crippen LogP) is -0.194. The van der Waals surface area contributed by atoms with Gasteiger partial charge in [0.2, 0.25) is 5.91 Å². The fraction of sp³-hybridized carbons (Fsp3) is 0.909. The molecular weight excluding hydrogens is 190 g/mol. The number of carbonyl (C=O) groups is 1. The maximum atomic E-state index is 11.9. The first-order chi connectivity index (χ1) is 7.25. The summed E-state index contributed by atoms with van der Waals surface area (Å²) in [6.07, 6.45) is 3.33. The number of likely N-dealkylation sites (N-methyl/N-ethyl adjacent to an activating group) is 1. The fourth-order valence-corrected chi connectivity index (χ4v) is 2.48. The highest BCUT2D eigenvalue weighted by atomic mass is 16.2. The first-order valence-corrected chi connectivity index (χ1v) is 5.95. The normalized spacial score (nSPS) is 32.9. The first kappa shape index (κ1) is 10.9. The second-order valence-corrected chi connectivity index (χ2v) is 4.80.